The largest absolute Gasteiger partial charge is 0.309 e. The van der Waals surface area contributed by atoms with Crippen LogP contribution in [0.4, 0.5) is 0 Å². The van der Waals surface area contributed by atoms with E-state index in [1.165, 1.54) is 52.5 Å². The average Bonchev–Trinajstić information content (AvgIpc) is 3.93. The minimum Gasteiger partial charge on any atom is -0.309 e. The van der Waals surface area contributed by atoms with Crippen molar-refractivity contribution in [1.82, 2.24) is 19.5 Å². The number of aromatic nitrogens is 4. The van der Waals surface area contributed by atoms with Crippen LogP contribution < -0.4 is 0 Å². The van der Waals surface area contributed by atoms with Crippen molar-refractivity contribution in [3.8, 4) is 62.1 Å². The number of hydrogen-bond donors (Lipinski definition) is 0. The molecule has 14 rings (SSSR count). The molecule has 0 aliphatic carbocycles. The van der Waals surface area contributed by atoms with Crippen molar-refractivity contribution >= 4 is 85.6 Å². The average molecular weight is 883 g/mol. The fourth-order valence-corrected chi connectivity index (χ4v) is 11.5. The summed E-state index contributed by atoms with van der Waals surface area (Å²) in [7, 11) is 0. The van der Waals surface area contributed by atoms with E-state index in [-0.39, 0.29) is 0 Å². The Kier molecular flexibility index (Phi) is 8.73. The molecule has 0 unspecified atom stereocenters. The molecule has 11 aromatic carbocycles. The Bertz CT molecular complexity index is 4210. The molecule has 0 bridgehead atoms. The van der Waals surface area contributed by atoms with Crippen molar-refractivity contribution in [3.63, 3.8) is 0 Å². The molecule has 0 aliphatic rings. The molecule has 0 atom stereocenters. The van der Waals surface area contributed by atoms with Crippen molar-refractivity contribution in [3.05, 3.63) is 231 Å². The van der Waals surface area contributed by atoms with Gasteiger partial charge in [-0.05, 0) is 97.7 Å². The second kappa shape index (κ2) is 15.4. The summed E-state index contributed by atoms with van der Waals surface area (Å²) in [5, 5.41) is 11.9. The van der Waals surface area contributed by atoms with Crippen LogP contribution in [0.15, 0.2) is 231 Å². The van der Waals surface area contributed by atoms with Gasteiger partial charge in [-0.25, -0.2) is 15.0 Å². The molecule has 0 N–H and O–H groups in total. The molecule has 5 heteroatoms. The lowest BCUT2D eigenvalue weighted by Crippen LogP contribution is -2.04. The predicted molar refractivity (Wildman–Crippen MR) is 287 cm³/mol. The lowest BCUT2D eigenvalue weighted by Gasteiger charge is -2.20. The molecule has 0 spiro atoms. The first-order chi connectivity index (χ1) is 33.7. The Labute approximate surface area is 395 Å². The summed E-state index contributed by atoms with van der Waals surface area (Å²) >= 11 is 1.80. The van der Waals surface area contributed by atoms with Crippen LogP contribution in [0.1, 0.15) is 0 Å². The van der Waals surface area contributed by atoms with Gasteiger partial charge in [0.2, 0.25) is 0 Å². The molecule has 0 radical (unpaired) electrons. The first-order valence-corrected chi connectivity index (χ1v) is 23.8. The first kappa shape index (κ1) is 38.5. The van der Waals surface area contributed by atoms with E-state index in [0.29, 0.717) is 17.5 Å². The third-order valence-corrected chi connectivity index (χ3v) is 14.7. The van der Waals surface area contributed by atoms with E-state index >= 15 is 0 Å². The van der Waals surface area contributed by atoms with Crippen molar-refractivity contribution in [1.29, 1.82) is 0 Å². The minimum absolute atomic E-state index is 0.616. The minimum atomic E-state index is 0.616. The molecule has 0 aliphatic heterocycles. The molecular weight excluding hydrogens is 845 g/mol. The van der Waals surface area contributed by atoms with Crippen molar-refractivity contribution < 1.29 is 0 Å². The number of benzene rings is 11. The molecular formula is C63H38N4S. The quantitative estimate of drug-likeness (QED) is 0.167. The van der Waals surface area contributed by atoms with Crippen LogP contribution in [0, 0.1) is 0 Å². The van der Waals surface area contributed by atoms with Gasteiger partial charge in [0, 0.05) is 53.0 Å². The summed E-state index contributed by atoms with van der Waals surface area (Å²) < 4.78 is 4.96. The lowest BCUT2D eigenvalue weighted by atomic mass is 9.90. The van der Waals surface area contributed by atoms with Crippen LogP contribution in [-0.2, 0) is 0 Å². The highest BCUT2D eigenvalue weighted by atomic mass is 32.1. The van der Waals surface area contributed by atoms with Gasteiger partial charge in [-0.2, -0.15) is 0 Å². The maximum Gasteiger partial charge on any atom is 0.165 e. The van der Waals surface area contributed by atoms with Gasteiger partial charge in [-0.15, -0.1) is 11.3 Å². The number of hydrogen-bond acceptors (Lipinski definition) is 4. The van der Waals surface area contributed by atoms with Gasteiger partial charge in [0.15, 0.2) is 17.5 Å². The van der Waals surface area contributed by atoms with Crippen LogP contribution >= 0.6 is 11.3 Å². The zero-order valence-electron chi connectivity index (χ0n) is 36.6. The molecule has 3 aromatic heterocycles. The fraction of sp³-hybridized carbons (Fsp3) is 0. The van der Waals surface area contributed by atoms with Crippen LogP contribution in [0.25, 0.3) is 136 Å². The smallest absolute Gasteiger partial charge is 0.165 e. The SMILES string of the molecule is c1ccc(-c2ccc3c(-n4c5cc6ccccc6cc5c5cc6ccccc6cc54)cc(-c4ccccc4)c(-c4nc(-c5ccccc5)nc(-c5ccc6c(c5)sc5ccccc56)n4)c3c2)cc1. The zero-order chi connectivity index (χ0) is 44.7. The summed E-state index contributed by atoms with van der Waals surface area (Å²) in [5.41, 5.74) is 10.6. The highest BCUT2D eigenvalue weighted by Crippen LogP contribution is 2.46. The Morgan fingerprint density at radius 1 is 0.294 bits per heavy atom. The number of rotatable bonds is 6. The Morgan fingerprint density at radius 3 is 1.46 bits per heavy atom. The third-order valence-electron chi connectivity index (χ3n) is 13.6. The van der Waals surface area contributed by atoms with Crippen LogP contribution in [0.5, 0.6) is 0 Å². The number of thiophene rings is 1. The van der Waals surface area contributed by atoms with E-state index in [0.717, 1.165) is 66.4 Å². The van der Waals surface area contributed by atoms with Gasteiger partial charge in [0.05, 0.1) is 16.7 Å². The van der Waals surface area contributed by atoms with E-state index < -0.39 is 0 Å². The molecule has 0 saturated heterocycles. The maximum atomic E-state index is 5.54. The molecule has 4 nitrogen and oxygen atoms in total. The van der Waals surface area contributed by atoms with Gasteiger partial charge >= 0.3 is 0 Å². The van der Waals surface area contributed by atoms with Crippen LogP contribution in [0.3, 0.4) is 0 Å². The second-order valence-electron chi connectivity index (χ2n) is 17.6. The maximum absolute atomic E-state index is 5.54. The van der Waals surface area contributed by atoms with Crippen molar-refractivity contribution in [2.75, 3.05) is 0 Å². The Morgan fingerprint density at radius 2 is 0.794 bits per heavy atom. The first-order valence-electron chi connectivity index (χ1n) is 23.0. The fourth-order valence-electron chi connectivity index (χ4n) is 10.3. The van der Waals surface area contributed by atoms with Gasteiger partial charge in [0.1, 0.15) is 0 Å². The molecule has 14 aromatic rings. The molecule has 0 amide bonds. The van der Waals surface area contributed by atoms with E-state index in [1.807, 2.05) is 18.2 Å². The highest BCUT2D eigenvalue weighted by Gasteiger charge is 2.24. The van der Waals surface area contributed by atoms with Gasteiger partial charge < -0.3 is 4.57 Å². The van der Waals surface area contributed by atoms with E-state index in [9.17, 15) is 0 Å². The van der Waals surface area contributed by atoms with E-state index in [2.05, 4.69) is 217 Å². The van der Waals surface area contributed by atoms with Crippen LogP contribution in [0.2, 0.25) is 0 Å². The summed E-state index contributed by atoms with van der Waals surface area (Å²) in [6.07, 6.45) is 0. The predicted octanol–water partition coefficient (Wildman–Crippen LogP) is 17.1. The van der Waals surface area contributed by atoms with Gasteiger partial charge in [-0.1, -0.05) is 182 Å². The topological polar surface area (TPSA) is 43.6 Å². The molecule has 68 heavy (non-hydrogen) atoms. The number of fused-ring (bicyclic) bond motifs is 9. The third kappa shape index (κ3) is 6.24. The highest BCUT2D eigenvalue weighted by molar-refractivity contribution is 7.25. The zero-order valence-corrected chi connectivity index (χ0v) is 37.5. The van der Waals surface area contributed by atoms with Crippen molar-refractivity contribution in [2.24, 2.45) is 0 Å². The molecule has 3 heterocycles. The standard InChI is InChI=1S/C63H38N4S/c1-4-16-39(17-5-1)46-28-30-48-54(34-46)60(63-65-61(41-20-8-3-9-21-41)64-62(66-63)47-29-31-50-49-26-14-15-27-58(49)68-59(50)37-47)51(40-18-6-2-7-19-40)38-57(48)67-55-35-44-24-12-10-22-42(44)32-52(55)53-33-43-23-11-13-25-45(43)36-56(53)67/h1-38H. The lowest BCUT2D eigenvalue weighted by molar-refractivity contribution is 1.08. The van der Waals surface area contributed by atoms with E-state index in [1.54, 1.807) is 11.3 Å². The van der Waals surface area contributed by atoms with E-state index in [4.69, 9.17) is 15.0 Å². The van der Waals surface area contributed by atoms with Gasteiger partial charge in [-0.3, -0.25) is 0 Å². The summed E-state index contributed by atoms with van der Waals surface area (Å²) in [6, 6.07) is 83.1. The molecule has 316 valence electrons. The summed E-state index contributed by atoms with van der Waals surface area (Å²) in [5.74, 6) is 1.87. The van der Waals surface area contributed by atoms with Gasteiger partial charge in [0.25, 0.3) is 0 Å². The normalized spacial score (nSPS) is 11.8. The monoisotopic (exact) mass is 882 g/mol. The number of nitrogens with zero attached hydrogens (tertiary/aromatic N) is 4. The Balaban J connectivity index is 1.12. The molecule has 0 fully saturated rings. The second-order valence-corrected chi connectivity index (χ2v) is 18.6. The summed E-state index contributed by atoms with van der Waals surface area (Å²) in [6.45, 7) is 0. The van der Waals surface area contributed by atoms with Crippen molar-refractivity contribution in [2.45, 2.75) is 0 Å². The Hall–Kier alpha value is -8.77. The summed E-state index contributed by atoms with van der Waals surface area (Å²) in [4.78, 5) is 16.3. The van der Waals surface area contributed by atoms with Crippen LogP contribution in [-0.4, -0.2) is 19.5 Å². The molecule has 0 saturated carbocycles.